The lowest BCUT2D eigenvalue weighted by atomic mass is 10.2. The Labute approximate surface area is 152 Å². The number of methoxy groups -OCH3 is 2. The van der Waals surface area contributed by atoms with Crippen LogP contribution in [0.3, 0.4) is 0 Å². The molecule has 0 aliphatic carbocycles. The van der Waals surface area contributed by atoms with E-state index in [9.17, 15) is 4.79 Å². The van der Waals surface area contributed by atoms with Gasteiger partial charge in [0.2, 0.25) is 11.8 Å². The second kappa shape index (κ2) is 7.99. The van der Waals surface area contributed by atoms with Crippen LogP contribution < -0.4 is 14.4 Å². The van der Waals surface area contributed by atoms with Crippen molar-refractivity contribution < 1.29 is 14.3 Å². The number of carbonyl (C=O) groups excluding carboxylic acids is 1. The summed E-state index contributed by atoms with van der Waals surface area (Å²) >= 11 is 0. The molecule has 2 aromatic rings. The van der Waals surface area contributed by atoms with Crippen LogP contribution in [-0.4, -0.2) is 66.4 Å². The van der Waals surface area contributed by atoms with Crippen LogP contribution in [0.2, 0.25) is 0 Å². The number of carbonyl (C=O) groups is 1. The molecule has 0 radical (unpaired) electrons. The van der Waals surface area contributed by atoms with Gasteiger partial charge in [-0.25, -0.2) is 0 Å². The van der Waals surface area contributed by atoms with Crippen LogP contribution in [0, 0.1) is 6.92 Å². The fourth-order valence-electron chi connectivity index (χ4n) is 2.94. The van der Waals surface area contributed by atoms with E-state index in [-0.39, 0.29) is 11.8 Å². The molecule has 1 fully saturated rings. The minimum Gasteiger partial charge on any atom is -0.481 e. The molecular weight excluding hydrogens is 334 g/mol. The summed E-state index contributed by atoms with van der Waals surface area (Å²) in [7, 11) is 3.03. The van der Waals surface area contributed by atoms with Gasteiger partial charge in [-0.1, -0.05) is 0 Å². The van der Waals surface area contributed by atoms with E-state index in [0.717, 1.165) is 24.5 Å². The maximum atomic E-state index is 12.9. The van der Waals surface area contributed by atoms with Gasteiger partial charge in [-0.2, -0.15) is 10.1 Å². The number of aromatic nitrogens is 3. The van der Waals surface area contributed by atoms with E-state index in [2.05, 4.69) is 20.1 Å². The quantitative estimate of drug-likeness (QED) is 0.821. The monoisotopic (exact) mass is 357 g/mol. The Kier molecular flexibility index (Phi) is 5.50. The fraction of sp³-hybridized carbons (Fsp3) is 0.444. The highest BCUT2D eigenvalue weighted by molar-refractivity contribution is 5.96. The predicted octanol–water partition coefficient (Wildman–Crippen LogP) is 1.55. The molecule has 8 heteroatoms. The molecule has 3 heterocycles. The van der Waals surface area contributed by atoms with Gasteiger partial charge in [-0.3, -0.25) is 4.79 Å². The first-order chi connectivity index (χ1) is 12.6. The van der Waals surface area contributed by atoms with Crippen LogP contribution in [0.25, 0.3) is 0 Å². The Morgan fingerprint density at radius 3 is 2.54 bits per heavy atom. The van der Waals surface area contributed by atoms with Gasteiger partial charge in [0.1, 0.15) is 5.56 Å². The summed E-state index contributed by atoms with van der Waals surface area (Å²) in [6.07, 6.45) is 0.854. The Hall–Kier alpha value is -2.90. The largest absolute Gasteiger partial charge is 0.481 e. The number of pyridine rings is 1. The second-order valence-corrected chi connectivity index (χ2v) is 6.08. The summed E-state index contributed by atoms with van der Waals surface area (Å²) in [5.74, 6) is 1.45. The van der Waals surface area contributed by atoms with E-state index in [1.54, 1.807) is 12.1 Å². The number of hydrogen-bond acceptors (Lipinski definition) is 7. The van der Waals surface area contributed by atoms with Crippen molar-refractivity contribution in [3.05, 3.63) is 35.5 Å². The Balaban J connectivity index is 1.72. The molecule has 0 aromatic carbocycles. The minimum absolute atomic E-state index is 0.0890. The number of rotatable bonds is 4. The van der Waals surface area contributed by atoms with Gasteiger partial charge in [-0.05, 0) is 31.5 Å². The molecule has 0 unspecified atom stereocenters. The van der Waals surface area contributed by atoms with Gasteiger partial charge in [0.15, 0.2) is 5.82 Å². The molecule has 0 bridgehead atoms. The topological polar surface area (TPSA) is 80.7 Å². The van der Waals surface area contributed by atoms with Gasteiger partial charge < -0.3 is 19.3 Å². The molecule has 0 atom stereocenters. The molecule has 138 valence electrons. The highest BCUT2D eigenvalue weighted by atomic mass is 16.5. The van der Waals surface area contributed by atoms with Gasteiger partial charge in [0, 0.05) is 32.2 Å². The van der Waals surface area contributed by atoms with Crippen molar-refractivity contribution in [1.82, 2.24) is 20.1 Å². The van der Waals surface area contributed by atoms with E-state index in [0.29, 0.717) is 31.1 Å². The maximum absolute atomic E-state index is 12.9. The summed E-state index contributed by atoms with van der Waals surface area (Å²) < 4.78 is 10.4. The van der Waals surface area contributed by atoms with Gasteiger partial charge in [-0.15, -0.1) is 5.10 Å². The molecule has 8 nitrogen and oxygen atoms in total. The van der Waals surface area contributed by atoms with Gasteiger partial charge >= 0.3 is 0 Å². The summed E-state index contributed by atoms with van der Waals surface area (Å²) in [6, 6.07) is 7.28. The molecule has 26 heavy (non-hydrogen) atoms. The zero-order valence-electron chi connectivity index (χ0n) is 15.3. The normalized spacial score (nSPS) is 14.7. The first kappa shape index (κ1) is 17.9. The first-order valence-corrected chi connectivity index (χ1v) is 8.56. The van der Waals surface area contributed by atoms with Crippen molar-refractivity contribution >= 4 is 11.7 Å². The average molecular weight is 357 g/mol. The zero-order chi connectivity index (χ0) is 18.5. The maximum Gasteiger partial charge on any atom is 0.259 e. The number of hydrogen-bond donors (Lipinski definition) is 0. The molecule has 1 aliphatic rings. The van der Waals surface area contributed by atoms with Crippen LogP contribution >= 0.6 is 0 Å². The van der Waals surface area contributed by atoms with Crippen LogP contribution in [0.4, 0.5) is 5.82 Å². The SMILES string of the molecule is COc1ccc(C(=O)N2CCCN(c3ccc(C)nn3)CC2)c(OC)n1. The highest BCUT2D eigenvalue weighted by Gasteiger charge is 2.24. The molecule has 0 N–H and O–H groups in total. The van der Waals surface area contributed by atoms with Crippen molar-refractivity contribution in [2.75, 3.05) is 45.3 Å². The Morgan fingerprint density at radius 1 is 1.00 bits per heavy atom. The molecule has 1 saturated heterocycles. The van der Waals surface area contributed by atoms with Crippen molar-refractivity contribution in [2.45, 2.75) is 13.3 Å². The van der Waals surface area contributed by atoms with Crippen LogP contribution in [-0.2, 0) is 0 Å². The third kappa shape index (κ3) is 3.84. The number of aryl methyl sites for hydroxylation is 1. The van der Waals surface area contributed by atoms with E-state index in [1.165, 1.54) is 14.2 Å². The number of nitrogens with zero attached hydrogens (tertiary/aromatic N) is 5. The third-order valence-electron chi connectivity index (χ3n) is 4.36. The molecule has 1 amide bonds. The van der Waals surface area contributed by atoms with Crippen molar-refractivity contribution in [3.63, 3.8) is 0 Å². The Morgan fingerprint density at radius 2 is 1.85 bits per heavy atom. The summed E-state index contributed by atoms with van der Waals surface area (Å²) in [5.41, 5.74) is 1.33. The summed E-state index contributed by atoms with van der Waals surface area (Å²) in [6.45, 7) is 4.72. The molecule has 2 aromatic heterocycles. The summed E-state index contributed by atoms with van der Waals surface area (Å²) in [5, 5.41) is 8.36. The zero-order valence-corrected chi connectivity index (χ0v) is 15.3. The first-order valence-electron chi connectivity index (χ1n) is 8.56. The van der Waals surface area contributed by atoms with E-state index >= 15 is 0 Å². The van der Waals surface area contributed by atoms with E-state index in [4.69, 9.17) is 9.47 Å². The molecule has 0 spiro atoms. The average Bonchev–Trinajstić information content (AvgIpc) is 2.93. The van der Waals surface area contributed by atoms with Crippen LogP contribution in [0.1, 0.15) is 22.5 Å². The fourth-order valence-corrected chi connectivity index (χ4v) is 2.94. The van der Waals surface area contributed by atoms with Crippen molar-refractivity contribution in [3.8, 4) is 11.8 Å². The van der Waals surface area contributed by atoms with E-state index < -0.39 is 0 Å². The number of amides is 1. The Bertz CT molecular complexity index is 766. The van der Waals surface area contributed by atoms with Crippen molar-refractivity contribution in [1.29, 1.82) is 0 Å². The van der Waals surface area contributed by atoms with Gasteiger partial charge in [0.05, 0.1) is 19.9 Å². The lowest BCUT2D eigenvalue weighted by Crippen LogP contribution is -2.35. The molecule has 3 rings (SSSR count). The number of anilines is 1. The lowest BCUT2D eigenvalue weighted by Gasteiger charge is -2.23. The standard InChI is InChI=1S/C18H23N5O3/c1-13-5-7-15(21-20-13)22-9-4-10-23(12-11-22)18(24)14-6-8-16(25-2)19-17(14)26-3/h5-8H,4,9-12H2,1-3H3. The number of ether oxygens (including phenoxy) is 2. The second-order valence-electron chi connectivity index (χ2n) is 6.08. The van der Waals surface area contributed by atoms with Crippen LogP contribution in [0.15, 0.2) is 24.3 Å². The molecule has 1 aliphatic heterocycles. The molecule has 0 saturated carbocycles. The minimum atomic E-state index is -0.0890. The van der Waals surface area contributed by atoms with Crippen molar-refractivity contribution in [2.24, 2.45) is 0 Å². The lowest BCUT2D eigenvalue weighted by molar-refractivity contribution is 0.0762. The van der Waals surface area contributed by atoms with Gasteiger partial charge in [0.25, 0.3) is 5.91 Å². The third-order valence-corrected chi connectivity index (χ3v) is 4.36. The van der Waals surface area contributed by atoms with Crippen LogP contribution in [0.5, 0.6) is 11.8 Å². The highest BCUT2D eigenvalue weighted by Crippen LogP contribution is 2.22. The molecular formula is C18H23N5O3. The predicted molar refractivity (Wildman–Crippen MR) is 96.8 cm³/mol. The smallest absolute Gasteiger partial charge is 0.259 e. The van der Waals surface area contributed by atoms with E-state index in [1.807, 2.05) is 24.0 Å². The summed E-state index contributed by atoms with van der Waals surface area (Å²) in [4.78, 5) is 21.1.